The average Bonchev–Trinajstić information content (AvgIpc) is 2.93. The van der Waals surface area contributed by atoms with Gasteiger partial charge in [0, 0.05) is 12.5 Å². The Balaban J connectivity index is 1.73. The lowest BCUT2D eigenvalue weighted by Crippen LogP contribution is -2.28. The third kappa shape index (κ3) is 2.45. The molecular weight excluding hydrogens is 198 g/mol. The molecule has 3 amide bonds. The SMILES string of the molecule is O=C(CCC1C(=O)NNC1=O)NC1CC1. The molecule has 1 aliphatic heterocycles. The summed E-state index contributed by atoms with van der Waals surface area (Å²) in [6.07, 6.45) is 2.57. The Morgan fingerprint density at radius 2 is 1.87 bits per heavy atom. The van der Waals surface area contributed by atoms with Crippen LogP contribution in [-0.4, -0.2) is 23.8 Å². The zero-order valence-electron chi connectivity index (χ0n) is 8.21. The lowest BCUT2D eigenvalue weighted by Gasteiger charge is -2.04. The number of amides is 3. The van der Waals surface area contributed by atoms with Gasteiger partial charge in [0.2, 0.25) is 5.91 Å². The fraction of sp³-hybridized carbons (Fsp3) is 0.667. The number of hydrazine groups is 1. The van der Waals surface area contributed by atoms with Gasteiger partial charge in [0.05, 0.1) is 0 Å². The smallest absolute Gasteiger partial charge is 0.251 e. The van der Waals surface area contributed by atoms with E-state index >= 15 is 0 Å². The first-order valence-corrected chi connectivity index (χ1v) is 5.06. The lowest BCUT2D eigenvalue weighted by atomic mass is 10.0. The van der Waals surface area contributed by atoms with Gasteiger partial charge in [-0.1, -0.05) is 0 Å². The molecule has 0 bridgehead atoms. The van der Waals surface area contributed by atoms with Gasteiger partial charge in [-0.3, -0.25) is 25.2 Å². The van der Waals surface area contributed by atoms with Crippen molar-refractivity contribution in [2.75, 3.05) is 0 Å². The topological polar surface area (TPSA) is 87.3 Å². The van der Waals surface area contributed by atoms with E-state index in [1.165, 1.54) is 0 Å². The molecule has 15 heavy (non-hydrogen) atoms. The van der Waals surface area contributed by atoms with Crippen LogP contribution in [0, 0.1) is 5.92 Å². The third-order valence-electron chi connectivity index (χ3n) is 2.54. The van der Waals surface area contributed by atoms with Crippen molar-refractivity contribution in [2.24, 2.45) is 5.92 Å². The predicted molar refractivity (Wildman–Crippen MR) is 50.2 cm³/mol. The van der Waals surface area contributed by atoms with E-state index in [0.717, 1.165) is 12.8 Å². The van der Waals surface area contributed by atoms with Crippen molar-refractivity contribution < 1.29 is 14.4 Å². The van der Waals surface area contributed by atoms with Crippen LogP contribution in [0.4, 0.5) is 0 Å². The van der Waals surface area contributed by atoms with Crippen LogP contribution in [0.1, 0.15) is 25.7 Å². The Labute approximate surface area is 86.8 Å². The van der Waals surface area contributed by atoms with Crippen molar-refractivity contribution in [3.05, 3.63) is 0 Å². The first-order valence-electron chi connectivity index (χ1n) is 5.06. The highest BCUT2D eigenvalue weighted by Crippen LogP contribution is 2.19. The number of carbonyl (C=O) groups is 3. The average molecular weight is 211 g/mol. The summed E-state index contributed by atoms with van der Waals surface area (Å²) in [4.78, 5) is 33.5. The maximum Gasteiger partial charge on any atom is 0.251 e. The largest absolute Gasteiger partial charge is 0.353 e. The van der Waals surface area contributed by atoms with Gasteiger partial charge in [0.15, 0.2) is 0 Å². The van der Waals surface area contributed by atoms with Crippen LogP contribution in [0.3, 0.4) is 0 Å². The van der Waals surface area contributed by atoms with E-state index in [-0.39, 0.29) is 30.6 Å². The molecule has 0 spiro atoms. The number of carbonyl (C=O) groups excluding carboxylic acids is 3. The minimum Gasteiger partial charge on any atom is -0.353 e. The Bertz CT molecular complexity index is 296. The monoisotopic (exact) mass is 211 g/mol. The third-order valence-corrected chi connectivity index (χ3v) is 2.54. The van der Waals surface area contributed by atoms with Crippen molar-refractivity contribution in [1.82, 2.24) is 16.2 Å². The van der Waals surface area contributed by atoms with Crippen LogP contribution < -0.4 is 16.2 Å². The van der Waals surface area contributed by atoms with Crippen molar-refractivity contribution in [2.45, 2.75) is 31.7 Å². The predicted octanol–water partition coefficient (Wildman–Crippen LogP) is -1.18. The molecule has 1 saturated heterocycles. The van der Waals surface area contributed by atoms with E-state index in [4.69, 9.17) is 0 Å². The fourth-order valence-corrected chi connectivity index (χ4v) is 1.48. The summed E-state index contributed by atoms with van der Waals surface area (Å²) in [6.45, 7) is 0. The molecule has 0 radical (unpaired) electrons. The highest BCUT2D eigenvalue weighted by atomic mass is 16.2. The number of rotatable bonds is 4. The summed E-state index contributed by atoms with van der Waals surface area (Å²) in [5.74, 6) is -1.49. The van der Waals surface area contributed by atoms with Crippen LogP contribution in [0.5, 0.6) is 0 Å². The standard InChI is InChI=1S/C9H13N3O3/c13-7(10-5-1-2-5)4-3-6-8(14)11-12-9(6)15/h5-6H,1-4H2,(H,10,13)(H,11,14)(H,12,15). The Kier molecular flexibility index (Phi) is 2.57. The number of hydrogen-bond acceptors (Lipinski definition) is 3. The molecule has 0 aromatic carbocycles. The molecule has 0 aromatic heterocycles. The van der Waals surface area contributed by atoms with E-state index in [0.29, 0.717) is 6.04 Å². The zero-order chi connectivity index (χ0) is 10.8. The summed E-state index contributed by atoms with van der Waals surface area (Å²) >= 11 is 0. The Hall–Kier alpha value is -1.59. The molecule has 1 heterocycles. The molecule has 2 aliphatic rings. The summed E-state index contributed by atoms with van der Waals surface area (Å²) < 4.78 is 0. The van der Waals surface area contributed by atoms with E-state index in [1.807, 2.05) is 0 Å². The van der Waals surface area contributed by atoms with Gasteiger partial charge in [-0.05, 0) is 19.3 Å². The first-order chi connectivity index (χ1) is 7.16. The number of hydrogen-bond donors (Lipinski definition) is 3. The second-order valence-corrected chi connectivity index (χ2v) is 3.91. The molecule has 6 heteroatoms. The van der Waals surface area contributed by atoms with Crippen LogP contribution in [0.15, 0.2) is 0 Å². The van der Waals surface area contributed by atoms with Gasteiger partial charge < -0.3 is 5.32 Å². The van der Waals surface area contributed by atoms with Crippen molar-refractivity contribution in [3.8, 4) is 0 Å². The van der Waals surface area contributed by atoms with E-state index < -0.39 is 5.92 Å². The highest BCUT2D eigenvalue weighted by Gasteiger charge is 2.33. The molecule has 6 nitrogen and oxygen atoms in total. The quantitative estimate of drug-likeness (QED) is 0.512. The maximum atomic E-state index is 11.3. The first kappa shape index (κ1) is 9.95. The molecule has 0 atom stereocenters. The van der Waals surface area contributed by atoms with Gasteiger partial charge in [0.25, 0.3) is 11.8 Å². The zero-order valence-corrected chi connectivity index (χ0v) is 8.21. The molecular formula is C9H13N3O3. The van der Waals surface area contributed by atoms with Gasteiger partial charge in [0.1, 0.15) is 5.92 Å². The molecule has 82 valence electrons. The van der Waals surface area contributed by atoms with Crippen LogP contribution in [0.25, 0.3) is 0 Å². The summed E-state index contributed by atoms with van der Waals surface area (Å²) in [6, 6.07) is 0.323. The lowest BCUT2D eigenvalue weighted by molar-refractivity contribution is -0.128. The summed E-state index contributed by atoms with van der Waals surface area (Å²) in [7, 11) is 0. The van der Waals surface area contributed by atoms with Crippen LogP contribution >= 0.6 is 0 Å². The van der Waals surface area contributed by atoms with Gasteiger partial charge in [-0.2, -0.15) is 0 Å². The summed E-state index contributed by atoms with van der Waals surface area (Å²) in [5, 5.41) is 2.81. The Morgan fingerprint density at radius 3 is 2.40 bits per heavy atom. The van der Waals surface area contributed by atoms with Gasteiger partial charge in [-0.25, -0.2) is 0 Å². The Morgan fingerprint density at radius 1 is 1.27 bits per heavy atom. The highest BCUT2D eigenvalue weighted by molar-refractivity contribution is 6.05. The van der Waals surface area contributed by atoms with Crippen LogP contribution in [-0.2, 0) is 14.4 Å². The molecule has 0 unspecified atom stereocenters. The maximum absolute atomic E-state index is 11.3. The van der Waals surface area contributed by atoms with E-state index in [9.17, 15) is 14.4 Å². The molecule has 1 saturated carbocycles. The summed E-state index contributed by atoms with van der Waals surface area (Å²) in [5.41, 5.74) is 4.45. The second kappa shape index (κ2) is 3.88. The van der Waals surface area contributed by atoms with Gasteiger partial charge in [-0.15, -0.1) is 0 Å². The molecule has 1 aliphatic carbocycles. The van der Waals surface area contributed by atoms with Crippen LogP contribution in [0.2, 0.25) is 0 Å². The molecule has 2 rings (SSSR count). The van der Waals surface area contributed by atoms with E-state index in [1.54, 1.807) is 0 Å². The fourth-order valence-electron chi connectivity index (χ4n) is 1.48. The van der Waals surface area contributed by atoms with Crippen molar-refractivity contribution >= 4 is 17.7 Å². The molecule has 3 N–H and O–H groups in total. The minimum absolute atomic E-state index is 0.0787. The normalized spacial score (nSPS) is 21.1. The van der Waals surface area contributed by atoms with E-state index in [2.05, 4.69) is 16.2 Å². The minimum atomic E-state index is -0.713. The second-order valence-electron chi connectivity index (χ2n) is 3.91. The number of nitrogens with one attached hydrogen (secondary N) is 3. The van der Waals surface area contributed by atoms with Crippen molar-refractivity contribution in [1.29, 1.82) is 0 Å². The van der Waals surface area contributed by atoms with Gasteiger partial charge >= 0.3 is 0 Å². The molecule has 0 aromatic rings. The molecule has 2 fully saturated rings. The van der Waals surface area contributed by atoms with Crippen molar-refractivity contribution in [3.63, 3.8) is 0 Å².